The van der Waals surface area contributed by atoms with Crippen LogP contribution in [0.2, 0.25) is 0 Å². The van der Waals surface area contributed by atoms with Crippen LogP contribution in [0.3, 0.4) is 0 Å². The number of nitrogens with one attached hydrogen (secondary N) is 1. The highest BCUT2D eigenvalue weighted by Gasteiger charge is 2.19. The highest BCUT2D eigenvalue weighted by atomic mass is 16.5. The van der Waals surface area contributed by atoms with E-state index in [1.165, 1.54) is 12.8 Å². The third kappa shape index (κ3) is 6.91. The minimum Gasteiger partial charge on any atom is -0.377 e. The van der Waals surface area contributed by atoms with Gasteiger partial charge >= 0.3 is 0 Å². The molecule has 0 aliphatic rings. The molecule has 0 saturated carbocycles. The largest absolute Gasteiger partial charge is 0.377 e. The quantitative estimate of drug-likeness (QED) is 0.637. The molecule has 0 spiro atoms. The molecule has 0 aromatic rings. The van der Waals surface area contributed by atoms with Gasteiger partial charge in [-0.05, 0) is 38.6 Å². The Labute approximate surface area is 95.8 Å². The van der Waals surface area contributed by atoms with Crippen molar-refractivity contribution in [2.45, 2.75) is 66.0 Å². The average Bonchev–Trinajstić information content (AvgIpc) is 2.21. The van der Waals surface area contributed by atoms with Crippen LogP contribution in [-0.2, 0) is 4.74 Å². The Morgan fingerprint density at radius 1 is 1.07 bits per heavy atom. The van der Waals surface area contributed by atoms with Crippen molar-refractivity contribution in [3.05, 3.63) is 0 Å². The molecular formula is C13H29NO. The Morgan fingerprint density at radius 3 is 2.13 bits per heavy atom. The fraction of sp³-hybridized carbons (Fsp3) is 1.00. The third-order valence-corrected chi connectivity index (χ3v) is 2.75. The first kappa shape index (κ1) is 14.9. The molecule has 0 aromatic carbocycles. The van der Waals surface area contributed by atoms with E-state index in [2.05, 4.69) is 39.9 Å². The van der Waals surface area contributed by atoms with Crippen molar-refractivity contribution < 1.29 is 4.74 Å². The maximum atomic E-state index is 5.78. The van der Waals surface area contributed by atoms with Crippen LogP contribution in [0.5, 0.6) is 0 Å². The summed E-state index contributed by atoms with van der Waals surface area (Å²) < 4.78 is 5.78. The Hall–Kier alpha value is -0.0800. The molecule has 0 saturated heterocycles. The maximum Gasteiger partial charge on any atom is 0.0725 e. The summed E-state index contributed by atoms with van der Waals surface area (Å²) in [5, 5.41) is 3.55. The lowest BCUT2D eigenvalue weighted by Crippen LogP contribution is -2.41. The molecule has 0 aliphatic heterocycles. The lowest BCUT2D eigenvalue weighted by Gasteiger charge is -2.27. The normalized spacial score (nSPS) is 15.6. The van der Waals surface area contributed by atoms with Crippen LogP contribution >= 0.6 is 0 Å². The maximum absolute atomic E-state index is 5.78. The van der Waals surface area contributed by atoms with Gasteiger partial charge in [-0.15, -0.1) is 0 Å². The molecule has 0 fully saturated rings. The van der Waals surface area contributed by atoms with E-state index >= 15 is 0 Å². The van der Waals surface area contributed by atoms with Gasteiger partial charge in [-0.2, -0.15) is 0 Å². The highest BCUT2D eigenvalue weighted by Crippen LogP contribution is 2.14. The number of rotatable bonds is 9. The van der Waals surface area contributed by atoms with Crippen LogP contribution in [-0.4, -0.2) is 25.3 Å². The molecule has 0 amide bonds. The monoisotopic (exact) mass is 215 g/mol. The minimum absolute atomic E-state index is 0.383. The second-order valence-electron chi connectivity index (χ2n) is 4.54. The zero-order valence-electron chi connectivity index (χ0n) is 11.2. The molecule has 2 nitrogen and oxygen atoms in total. The smallest absolute Gasteiger partial charge is 0.0725 e. The van der Waals surface area contributed by atoms with E-state index in [9.17, 15) is 0 Å². The second kappa shape index (κ2) is 9.17. The SMILES string of the molecule is CCNC(CCC(C)C)C(CC)OCC. The molecule has 2 heteroatoms. The van der Waals surface area contributed by atoms with Gasteiger partial charge in [-0.1, -0.05) is 27.7 Å². The molecular weight excluding hydrogens is 186 g/mol. The Bertz CT molecular complexity index is 136. The van der Waals surface area contributed by atoms with Crippen molar-refractivity contribution >= 4 is 0 Å². The fourth-order valence-electron chi connectivity index (χ4n) is 1.93. The molecule has 2 atom stereocenters. The van der Waals surface area contributed by atoms with Crippen molar-refractivity contribution in [3.63, 3.8) is 0 Å². The molecule has 0 bridgehead atoms. The lowest BCUT2D eigenvalue weighted by molar-refractivity contribution is 0.0287. The summed E-state index contributed by atoms with van der Waals surface area (Å²) in [5.41, 5.74) is 0. The lowest BCUT2D eigenvalue weighted by atomic mass is 9.98. The molecule has 0 rings (SSSR count). The van der Waals surface area contributed by atoms with Crippen molar-refractivity contribution in [1.82, 2.24) is 5.32 Å². The third-order valence-electron chi connectivity index (χ3n) is 2.75. The Morgan fingerprint density at radius 2 is 1.73 bits per heavy atom. The summed E-state index contributed by atoms with van der Waals surface area (Å²) in [6, 6.07) is 0.530. The van der Waals surface area contributed by atoms with Crippen molar-refractivity contribution in [1.29, 1.82) is 0 Å². The average molecular weight is 215 g/mol. The molecule has 1 N–H and O–H groups in total. The van der Waals surface area contributed by atoms with Crippen molar-refractivity contribution in [2.24, 2.45) is 5.92 Å². The molecule has 92 valence electrons. The zero-order chi connectivity index (χ0) is 11.7. The van der Waals surface area contributed by atoms with Gasteiger partial charge in [0.1, 0.15) is 0 Å². The molecule has 0 aromatic heterocycles. The predicted molar refractivity (Wildman–Crippen MR) is 67.2 cm³/mol. The van der Waals surface area contributed by atoms with Crippen LogP contribution in [0.15, 0.2) is 0 Å². The van der Waals surface area contributed by atoms with E-state index in [0.717, 1.165) is 25.5 Å². The highest BCUT2D eigenvalue weighted by molar-refractivity contribution is 4.76. The van der Waals surface area contributed by atoms with Crippen molar-refractivity contribution in [3.8, 4) is 0 Å². The van der Waals surface area contributed by atoms with E-state index in [1.54, 1.807) is 0 Å². The van der Waals surface area contributed by atoms with E-state index in [4.69, 9.17) is 4.74 Å². The topological polar surface area (TPSA) is 21.3 Å². The van der Waals surface area contributed by atoms with Crippen LogP contribution in [0.4, 0.5) is 0 Å². The van der Waals surface area contributed by atoms with Crippen LogP contribution < -0.4 is 5.32 Å². The first-order valence-electron chi connectivity index (χ1n) is 6.50. The summed E-state index contributed by atoms with van der Waals surface area (Å²) in [6.07, 6.45) is 3.99. The molecule has 2 unspecified atom stereocenters. The van der Waals surface area contributed by atoms with Gasteiger partial charge in [0.2, 0.25) is 0 Å². The number of ether oxygens (including phenoxy) is 1. The van der Waals surface area contributed by atoms with Gasteiger partial charge in [-0.3, -0.25) is 0 Å². The van der Waals surface area contributed by atoms with Gasteiger partial charge in [-0.25, -0.2) is 0 Å². The van der Waals surface area contributed by atoms with E-state index in [-0.39, 0.29) is 0 Å². The Kier molecular flexibility index (Phi) is 9.12. The fourth-order valence-corrected chi connectivity index (χ4v) is 1.93. The van der Waals surface area contributed by atoms with E-state index in [0.29, 0.717) is 12.1 Å². The number of likely N-dealkylation sites (N-methyl/N-ethyl adjacent to an activating group) is 1. The molecule has 0 aliphatic carbocycles. The van der Waals surface area contributed by atoms with Gasteiger partial charge in [0, 0.05) is 12.6 Å². The summed E-state index contributed by atoms with van der Waals surface area (Å²) in [7, 11) is 0. The van der Waals surface area contributed by atoms with Crippen LogP contribution in [0.25, 0.3) is 0 Å². The predicted octanol–water partition coefficient (Wildman–Crippen LogP) is 3.22. The van der Waals surface area contributed by atoms with Crippen molar-refractivity contribution in [2.75, 3.05) is 13.2 Å². The first-order chi connectivity index (χ1) is 7.15. The molecule has 0 radical (unpaired) electrons. The van der Waals surface area contributed by atoms with Crippen LogP contribution in [0, 0.1) is 5.92 Å². The van der Waals surface area contributed by atoms with Crippen LogP contribution in [0.1, 0.15) is 53.9 Å². The summed E-state index contributed by atoms with van der Waals surface area (Å²) in [4.78, 5) is 0. The number of hydrogen-bond donors (Lipinski definition) is 1. The zero-order valence-corrected chi connectivity index (χ0v) is 11.2. The van der Waals surface area contributed by atoms with Gasteiger partial charge in [0.15, 0.2) is 0 Å². The first-order valence-corrected chi connectivity index (χ1v) is 6.50. The Balaban J connectivity index is 4.07. The minimum atomic E-state index is 0.383. The molecule has 0 heterocycles. The summed E-state index contributed by atoms with van der Waals surface area (Å²) in [6.45, 7) is 12.9. The van der Waals surface area contributed by atoms with E-state index < -0.39 is 0 Å². The van der Waals surface area contributed by atoms with Gasteiger partial charge in [0.25, 0.3) is 0 Å². The summed E-state index contributed by atoms with van der Waals surface area (Å²) >= 11 is 0. The summed E-state index contributed by atoms with van der Waals surface area (Å²) in [5.74, 6) is 0.783. The van der Waals surface area contributed by atoms with Gasteiger partial charge in [0.05, 0.1) is 6.10 Å². The second-order valence-corrected chi connectivity index (χ2v) is 4.54. The standard InChI is InChI=1S/C13H29NO/c1-6-13(15-8-3)12(14-7-2)10-9-11(4)5/h11-14H,6-10H2,1-5H3. The molecule has 15 heavy (non-hydrogen) atoms. The van der Waals surface area contributed by atoms with E-state index in [1.807, 2.05) is 0 Å². The van der Waals surface area contributed by atoms with Gasteiger partial charge < -0.3 is 10.1 Å². The number of hydrogen-bond acceptors (Lipinski definition) is 2.